The van der Waals surface area contributed by atoms with E-state index in [2.05, 4.69) is 4.98 Å². The van der Waals surface area contributed by atoms with Gasteiger partial charge >= 0.3 is 11.9 Å². The van der Waals surface area contributed by atoms with Gasteiger partial charge in [-0.05, 0) is 19.1 Å². The predicted octanol–water partition coefficient (Wildman–Crippen LogP) is 0.747. The molecule has 1 heterocycles. The summed E-state index contributed by atoms with van der Waals surface area (Å²) in [5.74, 6) is -1.22. The molecule has 0 aliphatic heterocycles. The minimum absolute atomic E-state index is 0.0666. The summed E-state index contributed by atoms with van der Waals surface area (Å²) in [6.07, 6.45) is 0.0796. The van der Waals surface area contributed by atoms with Crippen molar-refractivity contribution in [3.05, 3.63) is 23.5 Å². The summed E-state index contributed by atoms with van der Waals surface area (Å²) in [6.45, 7) is 2.09. The van der Waals surface area contributed by atoms with Gasteiger partial charge in [-0.2, -0.15) is 0 Å². The Labute approximate surface area is 87.1 Å². The fraction of sp³-hybridized carbons (Fsp3) is 0.400. The maximum Gasteiger partial charge on any atom is 0.311 e. The van der Waals surface area contributed by atoms with Crippen LogP contribution in [0.4, 0.5) is 0 Å². The van der Waals surface area contributed by atoms with E-state index in [9.17, 15) is 9.59 Å². The van der Waals surface area contributed by atoms with Crippen molar-refractivity contribution in [1.82, 2.24) is 4.98 Å². The quantitative estimate of drug-likeness (QED) is 0.704. The number of carbonyl (C=O) groups is 2. The molecule has 0 saturated heterocycles. The van der Waals surface area contributed by atoms with Gasteiger partial charge < -0.3 is 14.8 Å². The highest BCUT2D eigenvalue weighted by Crippen LogP contribution is 2.04. The Kier molecular flexibility index (Phi) is 3.91. The molecule has 15 heavy (non-hydrogen) atoms. The summed E-state index contributed by atoms with van der Waals surface area (Å²) < 4.78 is 4.76. The van der Waals surface area contributed by atoms with Gasteiger partial charge in [-0.25, -0.2) is 0 Å². The SMILES string of the molecule is CCOC(=O)Cc1ccc(CC(=O)O)[nH]1. The van der Waals surface area contributed by atoms with Crippen LogP contribution in [-0.2, 0) is 27.2 Å². The van der Waals surface area contributed by atoms with E-state index in [0.29, 0.717) is 18.0 Å². The standard InChI is InChI=1S/C10H13NO4/c1-2-15-10(14)6-8-4-3-7(11-8)5-9(12)13/h3-4,11H,2,5-6H2,1H3,(H,12,13). The lowest BCUT2D eigenvalue weighted by molar-refractivity contribution is -0.142. The van der Waals surface area contributed by atoms with Crippen LogP contribution in [0, 0.1) is 0 Å². The van der Waals surface area contributed by atoms with E-state index in [-0.39, 0.29) is 18.8 Å². The Morgan fingerprint density at radius 1 is 1.33 bits per heavy atom. The van der Waals surface area contributed by atoms with E-state index < -0.39 is 5.97 Å². The smallest absolute Gasteiger partial charge is 0.311 e. The van der Waals surface area contributed by atoms with E-state index in [1.54, 1.807) is 19.1 Å². The Morgan fingerprint density at radius 3 is 2.47 bits per heavy atom. The second kappa shape index (κ2) is 5.19. The first-order valence-electron chi connectivity index (χ1n) is 4.66. The molecule has 82 valence electrons. The number of aromatic nitrogens is 1. The van der Waals surface area contributed by atoms with Gasteiger partial charge in [0.25, 0.3) is 0 Å². The highest BCUT2D eigenvalue weighted by Gasteiger charge is 2.07. The number of rotatable bonds is 5. The number of aromatic amines is 1. The minimum atomic E-state index is -0.903. The Balaban J connectivity index is 2.52. The number of carboxylic acid groups (broad SMARTS) is 1. The molecule has 0 amide bonds. The van der Waals surface area contributed by atoms with Gasteiger partial charge in [0.15, 0.2) is 0 Å². The molecule has 0 unspecified atom stereocenters. The maximum absolute atomic E-state index is 11.1. The van der Waals surface area contributed by atoms with Crippen molar-refractivity contribution in [2.45, 2.75) is 19.8 Å². The lowest BCUT2D eigenvalue weighted by Crippen LogP contribution is -2.08. The third kappa shape index (κ3) is 3.84. The molecule has 0 fully saturated rings. The number of H-pyrrole nitrogens is 1. The maximum atomic E-state index is 11.1. The van der Waals surface area contributed by atoms with E-state index in [1.807, 2.05) is 0 Å². The van der Waals surface area contributed by atoms with Gasteiger partial charge in [-0.3, -0.25) is 9.59 Å². The molecular formula is C10H13NO4. The summed E-state index contributed by atoms with van der Waals surface area (Å²) >= 11 is 0. The average Bonchev–Trinajstić information content (AvgIpc) is 2.51. The molecule has 0 bridgehead atoms. The minimum Gasteiger partial charge on any atom is -0.481 e. The van der Waals surface area contributed by atoms with Crippen LogP contribution in [0.2, 0.25) is 0 Å². The van der Waals surface area contributed by atoms with Crippen molar-refractivity contribution in [2.75, 3.05) is 6.61 Å². The number of carbonyl (C=O) groups excluding carboxylic acids is 1. The number of carboxylic acids is 1. The first-order chi connectivity index (χ1) is 7.11. The summed E-state index contributed by atoms with van der Waals surface area (Å²) in [5.41, 5.74) is 1.26. The molecule has 0 aromatic carbocycles. The number of aliphatic carboxylic acids is 1. The van der Waals surface area contributed by atoms with Gasteiger partial charge in [0.2, 0.25) is 0 Å². The lowest BCUT2D eigenvalue weighted by atomic mass is 10.3. The first kappa shape index (κ1) is 11.3. The van der Waals surface area contributed by atoms with Gasteiger partial charge in [0, 0.05) is 11.4 Å². The highest BCUT2D eigenvalue weighted by molar-refractivity contribution is 5.72. The van der Waals surface area contributed by atoms with E-state index in [0.717, 1.165) is 0 Å². The second-order valence-corrected chi connectivity index (χ2v) is 3.06. The predicted molar refractivity (Wildman–Crippen MR) is 52.5 cm³/mol. The van der Waals surface area contributed by atoms with Crippen molar-refractivity contribution < 1.29 is 19.4 Å². The van der Waals surface area contributed by atoms with E-state index >= 15 is 0 Å². The zero-order chi connectivity index (χ0) is 11.3. The highest BCUT2D eigenvalue weighted by atomic mass is 16.5. The number of esters is 1. The average molecular weight is 211 g/mol. The van der Waals surface area contributed by atoms with Gasteiger partial charge in [0.05, 0.1) is 19.4 Å². The molecule has 0 aliphatic carbocycles. The lowest BCUT2D eigenvalue weighted by Gasteiger charge is -1.99. The zero-order valence-electron chi connectivity index (χ0n) is 8.45. The number of hydrogen-bond donors (Lipinski definition) is 2. The van der Waals surface area contributed by atoms with Crippen LogP contribution in [0.3, 0.4) is 0 Å². The summed E-state index contributed by atoms with van der Waals surface area (Å²) in [5, 5.41) is 8.53. The van der Waals surface area contributed by atoms with Crippen molar-refractivity contribution in [3.8, 4) is 0 Å². The molecule has 1 aromatic heterocycles. The third-order valence-electron chi connectivity index (χ3n) is 1.79. The molecule has 0 spiro atoms. The topological polar surface area (TPSA) is 79.4 Å². The molecule has 1 aromatic rings. The Hall–Kier alpha value is -1.78. The van der Waals surface area contributed by atoms with Gasteiger partial charge in [-0.15, -0.1) is 0 Å². The van der Waals surface area contributed by atoms with Crippen LogP contribution in [0.1, 0.15) is 18.3 Å². The summed E-state index contributed by atoms with van der Waals surface area (Å²) in [6, 6.07) is 3.35. The molecule has 5 nitrogen and oxygen atoms in total. The van der Waals surface area contributed by atoms with Crippen molar-refractivity contribution >= 4 is 11.9 Å². The normalized spacial score (nSPS) is 9.93. The van der Waals surface area contributed by atoms with E-state index in [4.69, 9.17) is 9.84 Å². The van der Waals surface area contributed by atoms with Crippen LogP contribution < -0.4 is 0 Å². The molecule has 0 aliphatic rings. The summed E-state index contributed by atoms with van der Waals surface area (Å²) in [4.78, 5) is 24.3. The molecule has 0 atom stereocenters. The number of ether oxygens (including phenoxy) is 1. The van der Waals surface area contributed by atoms with Gasteiger partial charge in [-0.1, -0.05) is 0 Å². The number of hydrogen-bond acceptors (Lipinski definition) is 3. The molecule has 1 rings (SSSR count). The molecule has 0 saturated carbocycles. The first-order valence-corrected chi connectivity index (χ1v) is 4.66. The van der Waals surface area contributed by atoms with Crippen LogP contribution in [-0.4, -0.2) is 28.6 Å². The number of nitrogens with one attached hydrogen (secondary N) is 1. The van der Waals surface area contributed by atoms with Crippen LogP contribution in [0.5, 0.6) is 0 Å². The molecule has 2 N–H and O–H groups in total. The molecule has 5 heteroatoms. The Morgan fingerprint density at radius 2 is 1.93 bits per heavy atom. The Bertz CT molecular complexity index is 356. The molecular weight excluding hydrogens is 198 g/mol. The van der Waals surface area contributed by atoms with Crippen molar-refractivity contribution in [1.29, 1.82) is 0 Å². The van der Waals surface area contributed by atoms with Crippen LogP contribution >= 0.6 is 0 Å². The van der Waals surface area contributed by atoms with Gasteiger partial charge in [0.1, 0.15) is 0 Å². The zero-order valence-corrected chi connectivity index (χ0v) is 8.45. The third-order valence-corrected chi connectivity index (χ3v) is 1.79. The monoisotopic (exact) mass is 211 g/mol. The second-order valence-electron chi connectivity index (χ2n) is 3.06. The largest absolute Gasteiger partial charge is 0.481 e. The molecule has 0 radical (unpaired) electrons. The summed E-state index contributed by atoms with van der Waals surface area (Å²) in [7, 11) is 0. The van der Waals surface area contributed by atoms with Crippen LogP contribution in [0.25, 0.3) is 0 Å². The van der Waals surface area contributed by atoms with Crippen molar-refractivity contribution in [2.24, 2.45) is 0 Å². The van der Waals surface area contributed by atoms with E-state index in [1.165, 1.54) is 0 Å². The fourth-order valence-corrected chi connectivity index (χ4v) is 1.23. The van der Waals surface area contributed by atoms with Crippen molar-refractivity contribution in [3.63, 3.8) is 0 Å². The fourth-order valence-electron chi connectivity index (χ4n) is 1.23. The van der Waals surface area contributed by atoms with Crippen LogP contribution in [0.15, 0.2) is 12.1 Å².